The second-order valence-electron chi connectivity index (χ2n) is 11.0. The Hall–Kier alpha value is -3.17. The van der Waals surface area contributed by atoms with Crippen LogP contribution in [0.1, 0.15) is 25.8 Å². The van der Waals surface area contributed by atoms with Gasteiger partial charge in [0.1, 0.15) is 0 Å². The first-order valence-electron chi connectivity index (χ1n) is 13.3. The molecule has 0 aromatic heterocycles. The summed E-state index contributed by atoms with van der Waals surface area (Å²) in [5.41, 5.74) is 8.95. The van der Waals surface area contributed by atoms with Gasteiger partial charge in [-0.1, -0.05) is 98.4 Å². The molecule has 0 spiro atoms. The van der Waals surface area contributed by atoms with Crippen molar-refractivity contribution in [1.82, 2.24) is 0 Å². The maximum atomic E-state index is 2.69. The van der Waals surface area contributed by atoms with Gasteiger partial charge in [-0.25, -0.2) is 0 Å². The van der Waals surface area contributed by atoms with Crippen molar-refractivity contribution in [2.45, 2.75) is 36.5 Å². The van der Waals surface area contributed by atoms with Crippen LogP contribution in [0.5, 0.6) is 0 Å². The highest BCUT2D eigenvalue weighted by Gasteiger charge is 2.43. The fourth-order valence-corrected chi connectivity index (χ4v) is 8.39. The first-order valence-corrected chi connectivity index (χ1v) is 14.2. The van der Waals surface area contributed by atoms with Crippen LogP contribution in [0.25, 0.3) is 21.5 Å². The summed E-state index contributed by atoms with van der Waals surface area (Å²) in [6.45, 7) is 6.24. The average Bonchev–Trinajstić information content (AvgIpc) is 2.92. The second-order valence-corrected chi connectivity index (χ2v) is 12.1. The number of aryl methyl sites for hydroxylation is 1. The van der Waals surface area contributed by atoms with Gasteiger partial charge in [0.05, 0.1) is 0 Å². The lowest BCUT2D eigenvalue weighted by molar-refractivity contribution is 0.366. The molecule has 0 fully saturated rings. The first-order chi connectivity index (χ1) is 17.7. The maximum absolute atomic E-state index is 2.69. The van der Waals surface area contributed by atoms with Crippen LogP contribution in [-0.2, 0) is 6.42 Å². The van der Waals surface area contributed by atoms with Gasteiger partial charge in [-0.2, -0.15) is 0 Å². The molecule has 5 aromatic carbocycles. The number of para-hydroxylation sites is 1. The van der Waals surface area contributed by atoms with Crippen molar-refractivity contribution in [3.63, 3.8) is 0 Å². The summed E-state index contributed by atoms with van der Waals surface area (Å²) in [4.78, 5) is 5.55. The van der Waals surface area contributed by atoms with Gasteiger partial charge in [0.2, 0.25) is 6.71 Å². The molecule has 174 valence electrons. The Morgan fingerprint density at radius 1 is 0.722 bits per heavy atom. The van der Waals surface area contributed by atoms with Gasteiger partial charge in [-0.15, -0.1) is 0 Å². The smallest absolute Gasteiger partial charge is 0.250 e. The number of anilines is 2. The van der Waals surface area contributed by atoms with Crippen molar-refractivity contribution in [2.75, 3.05) is 11.4 Å². The molecule has 0 amide bonds. The summed E-state index contributed by atoms with van der Waals surface area (Å²) in [7, 11) is 0. The Kier molecular flexibility index (Phi) is 4.47. The maximum Gasteiger partial charge on any atom is 0.250 e. The van der Waals surface area contributed by atoms with Crippen LogP contribution in [0.3, 0.4) is 0 Å². The number of rotatable bonds is 0. The quantitative estimate of drug-likeness (QED) is 0.177. The minimum Gasteiger partial charge on any atom is -0.342 e. The third kappa shape index (κ3) is 2.75. The summed E-state index contributed by atoms with van der Waals surface area (Å²) in [6.07, 6.45) is 2.43. The van der Waals surface area contributed by atoms with Crippen molar-refractivity contribution in [3.8, 4) is 0 Å². The van der Waals surface area contributed by atoms with Crippen molar-refractivity contribution >= 4 is 67.8 Å². The normalized spacial score (nSPS) is 19.9. The zero-order chi connectivity index (χ0) is 24.0. The standard InChI is InChI=1S/C33H28BNS/c1-20-17-18-22-9-7-14-27-32(22)35(19-21(20)2)28-15-8-16-29-31(28)34(27)30-25-12-5-3-10-23(25)24-11-4-6-13-26(24)33(30)36-29/h3-16,20-21H,17-19H2,1-2H3. The Bertz CT molecular complexity index is 1710. The van der Waals surface area contributed by atoms with Gasteiger partial charge in [-0.3, -0.25) is 0 Å². The van der Waals surface area contributed by atoms with Gasteiger partial charge < -0.3 is 4.90 Å². The average molecular weight is 481 g/mol. The van der Waals surface area contributed by atoms with Gasteiger partial charge >= 0.3 is 0 Å². The topological polar surface area (TPSA) is 3.24 Å². The summed E-state index contributed by atoms with van der Waals surface area (Å²) in [5.74, 6) is 1.39. The van der Waals surface area contributed by atoms with Crippen molar-refractivity contribution in [3.05, 3.63) is 90.5 Å². The van der Waals surface area contributed by atoms with Crippen molar-refractivity contribution < 1.29 is 0 Å². The summed E-state index contributed by atoms with van der Waals surface area (Å²) < 4.78 is 0. The lowest BCUT2D eigenvalue weighted by Crippen LogP contribution is -2.61. The van der Waals surface area contributed by atoms with Crippen LogP contribution < -0.4 is 21.3 Å². The van der Waals surface area contributed by atoms with E-state index in [9.17, 15) is 0 Å². The van der Waals surface area contributed by atoms with E-state index < -0.39 is 0 Å². The van der Waals surface area contributed by atoms with Crippen LogP contribution >= 0.6 is 11.8 Å². The van der Waals surface area contributed by atoms with E-state index in [1.165, 1.54) is 71.1 Å². The van der Waals surface area contributed by atoms with E-state index in [-0.39, 0.29) is 6.71 Å². The molecule has 2 atom stereocenters. The minimum absolute atomic E-state index is 0.264. The fraction of sp³-hybridized carbons (Fsp3) is 0.212. The Morgan fingerprint density at radius 3 is 2.28 bits per heavy atom. The highest BCUT2D eigenvalue weighted by atomic mass is 32.2. The van der Waals surface area contributed by atoms with Gasteiger partial charge in [0.15, 0.2) is 0 Å². The summed E-state index contributed by atoms with van der Waals surface area (Å²) in [6, 6.07) is 32.3. The molecule has 1 nitrogen and oxygen atoms in total. The lowest BCUT2D eigenvalue weighted by Gasteiger charge is -2.44. The molecule has 36 heavy (non-hydrogen) atoms. The van der Waals surface area contributed by atoms with Crippen LogP contribution in [0.4, 0.5) is 11.4 Å². The second kappa shape index (κ2) is 7.67. The molecule has 2 unspecified atom stereocenters. The molecule has 0 bridgehead atoms. The molecule has 3 aliphatic rings. The van der Waals surface area contributed by atoms with E-state index in [0.29, 0.717) is 5.92 Å². The highest BCUT2D eigenvalue weighted by Crippen LogP contribution is 2.44. The van der Waals surface area contributed by atoms with E-state index in [2.05, 4.69) is 104 Å². The predicted octanol–water partition coefficient (Wildman–Crippen LogP) is 6.64. The summed E-state index contributed by atoms with van der Waals surface area (Å²) in [5, 5.41) is 5.53. The van der Waals surface area contributed by atoms with Crippen molar-refractivity contribution in [1.29, 1.82) is 0 Å². The van der Waals surface area contributed by atoms with E-state index in [0.717, 1.165) is 18.9 Å². The van der Waals surface area contributed by atoms with E-state index in [1.807, 2.05) is 11.8 Å². The fourth-order valence-electron chi connectivity index (χ4n) is 7.07. The number of hydrogen-bond acceptors (Lipinski definition) is 2. The third-order valence-corrected chi connectivity index (χ3v) is 10.3. The lowest BCUT2D eigenvalue weighted by atomic mass is 9.34. The predicted molar refractivity (Wildman–Crippen MR) is 157 cm³/mol. The Morgan fingerprint density at radius 2 is 1.44 bits per heavy atom. The third-order valence-electron chi connectivity index (χ3n) is 9.09. The molecule has 0 N–H and O–H groups in total. The Balaban J connectivity index is 1.51. The first kappa shape index (κ1) is 21.0. The molecule has 3 heterocycles. The molecule has 0 aliphatic carbocycles. The molecule has 3 heteroatoms. The van der Waals surface area contributed by atoms with E-state index >= 15 is 0 Å². The monoisotopic (exact) mass is 481 g/mol. The van der Waals surface area contributed by atoms with Crippen molar-refractivity contribution in [2.24, 2.45) is 11.8 Å². The SMILES string of the molecule is CC1CCc2cccc3c2N(CC1C)c1cccc2c1B3c1c(c3ccccc3c3ccccc13)S2. The molecule has 8 rings (SSSR count). The van der Waals surface area contributed by atoms with Crippen LogP contribution in [-0.4, -0.2) is 13.3 Å². The van der Waals surface area contributed by atoms with E-state index in [1.54, 1.807) is 0 Å². The van der Waals surface area contributed by atoms with E-state index in [4.69, 9.17) is 0 Å². The number of benzene rings is 5. The number of hydrogen-bond donors (Lipinski definition) is 0. The Labute approximate surface area is 217 Å². The van der Waals surface area contributed by atoms with Gasteiger partial charge in [0.25, 0.3) is 0 Å². The number of nitrogens with zero attached hydrogens (tertiary/aromatic N) is 1. The highest BCUT2D eigenvalue weighted by molar-refractivity contribution is 8.00. The molecule has 5 aromatic rings. The zero-order valence-electron chi connectivity index (χ0n) is 20.8. The minimum atomic E-state index is 0.264. The molecular weight excluding hydrogens is 453 g/mol. The van der Waals surface area contributed by atoms with Crippen LogP contribution in [0.15, 0.2) is 94.7 Å². The summed E-state index contributed by atoms with van der Waals surface area (Å²) >= 11 is 1.99. The van der Waals surface area contributed by atoms with Crippen LogP contribution in [0.2, 0.25) is 0 Å². The van der Waals surface area contributed by atoms with Crippen LogP contribution in [0, 0.1) is 11.8 Å². The number of fused-ring (bicyclic) bond motifs is 9. The molecule has 0 saturated carbocycles. The largest absolute Gasteiger partial charge is 0.342 e. The molecular formula is C33H28BNS. The zero-order valence-corrected chi connectivity index (χ0v) is 21.6. The van der Waals surface area contributed by atoms with Gasteiger partial charge in [-0.05, 0) is 80.3 Å². The molecule has 0 saturated heterocycles. The molecule has 3 aliphatic heterocycles. The van der Waals surface area contributed by atoms with Gasteiger partial charge in [0, 0.05) is 27.7 Å². The molecule has 0 radical (unpaired) electrons.